The summed E-state index contributed by atoms with van der Waals surface area (Å²) >= 11 is 0. The van der Waals surface area contributed by atoms with Crippen molar-refractivity contribution in [2.75, 3.05) is 21.1 Å². The molecule has 1 nitrogen and oxygen atoms in total. The smallest absolute Gasteiger partial charge is 0.123 e. The Morgan fingerprint density at radius 2 is 1.54 bits per heavy atom. The van der Waals surface area contributed by atoms with E-state index in [0.29, 0.717) is 6.04 Å². The molecule has 0 bridgehead atoms. The average molecular weight is 182 g/mol. The van der Waals surface area contributed by atoms with Crippen molar-refractivity contribution in [2.24, 2.45) is 0 Å². The largest absolute Gasteiger partial charge is 0.325 e. The van der Waals surface area contributed by atoms with E-state index in [1.165, 1.54) is 17.7 Å². The highest BCUT2D eigenvalue weighted by molar-refractivity contribution is 5.17. The van der Waals surface area contributed by atoms with Gasteiger partial charge >= 0.3 is 0 Å². The molecular formula is C11H17FN+. The van der Waals surface area contributed by atoms with Crippen LogP contribution in [-0.2, 0) is 0 Å². The summed E-state index contributed by atoms with van der Waals surface area (Å²) < 4.78 is 13.5. The molecule has 2 heteroatoms. The Balaban J connectivity index is 2.90. The SMILES string of the molecule is CC(c1ccc(F)cc1)[N+](C)(C)C. The van der Waals surface area contributed by atoms with Crippen LogP contribution in [0, 0.1) is 5.82 Å². The van der Waals surface area contributed by atoms with Crippen LogP contribution in [0.3, 0.4) is 0 Å². The van der Waals surface area contributed by atoms with E-state index in [0.717, 1.165) is 4.48 Å². The quantitative estimate of drug-likeness (QED) is 0.617. The van der Waals surface area contributed by atoms with Crippen molar-refractivity contribution in [3.05, 3.63) is 35.6 Å². The number of halogens is 1. The highest BCUT2D eigenvalue weighted by Gasteiger charge is 2.19. The van der Waals surface area contributed by atoms with Gasteiger partial charge in [-0.05, 0) is 19.1 Å². The third-order valence-electron chi connectivity index (χ3n) is 2.51. The number of quaternary nitrogens is 1. The predicted octanol–water partition coefficient (Wildman–Crippen LogP) is 2.59. The number of rotatable bonds is 2. The average Bonchev–Trinajstić information content (AvgIpc) is 2.03. The molecular weight excluding hydrogens is 165 g/mol. The second kappa shape index (κ2) is 3.46. The Hall–Kier alpha value is -0.890. The molecule has 0 amide bonds. The molecule has 0 saturated heterocycles. The van der Waals surface area contributed by atoms with Gasteiger partial charge in [-0.1, -0.05) is 12.1 Å². The normalized spacial score (nSPS) is 14.2. The van der Waals surface area contributed by atoms with Gasteiger partial charge in [-0.15, -0.1) is 0 Å². The number of hydrogen-bond donors (Lipinski definition) is 0. The Morgan fingerprint density at radius 1 is 1.08 bits per heavy atom. The van der Waals surface area contributed by atoms with Crippen LogP contribution in [0.1, 0.15) is 18.5 Å². The van der Waals surface area contributed by atoms with E-state index in [1.807, 2.05) is 12.1 Å². The molecule has 1 aromatic carbocycles. The molecule has 0 aliphatic rings. The maximum atomic E-state index is 12.6. The van der Waals surface area contributed by atoms with Gasteiger partial charge in [-0.2, -0.15) is 0 Å². The zero-order valence-electron chi connectivity index (χ0n) is 8.71. The number of nitrogens with zero attached hydrogens (tertiary/aromatic N) is 1. The minimum absolute atomic E-state index is 0.169. The van der Waals surface area contributed by atoms with Crippen LogP contribution >= 0.6 is 0 Å². The molecule has 0 N–H and O–H groups in total. The van der Waals surface area contributed by atoms with Gasteiger partial charge in [0.15, 0.2) is 0 Å². The Kier molecular flexibility index (Phi) is 2.71. The van der Waals surface area contributed by atoms with Gasteiger partial charge in [-0.25, -0.2) is 4.39 Å². The summed E-state index contributed by atoms with van der Waals surface area (Å²) in [6, 6.07) is 7.12. The monoisotopic (exact) mass is 182 g/mol. The lowest BCUT2D eigenvalue weighted by Gasteiger charge is -2.31. The lowest BCUT2D eigenvalue weighted by atomic mass is 10.1. The van der Waals surface area contributed by atoms with E-state index >= 15 is 0 Å². The standard InChI is InChI=1S/C11H17FN/c1-9(13(2,3)4)10-5-7-11(12)8-6-10/h5-9H,1-4H3/q+1. The van der Waals surface area contributed by atoms with Crippen molar-refractivity contribution in [2.45, 2.75) is 13.0 Å². The Labute approximate surface area is 79.4 Å². The molecule has 1 rings (SSSR count). The van der Waals surface area contributed by atoms with Crippen LogP contribution in [0.25, 0.3) is 0 Å². The summed E-state index contributed by atoms with van der Waals surface area (Å²) in [6.07, 6.45) is 0. The highest BCUT2D eigenvalue weighted by atomic mass is 19.1. The molecule has 0 radical (unpaired) electrons. The highest BCUT2D eigenvalue weighted by Crippen LogP contribution is 2.22. The molecule has 0 heterocycles. The van der Waals surface area contributed by atoms with Crippen LogP contribution in [-0.4, -0.2) is 25.6 Å². The van der Waals surface area contributed by atoms with Crippen LogP contribution < -0.4 is 0 Å². The molecule has 0 fully saturated rings. The topological polar surface area (TPSA) is 0 Å². The number of hydrogen-bond acceptors (Lipinski definition) is 0. The molecule has 0 spiro atoms. The van der Waals surface area contributed by atoms with Gasteiger partial charge in [0, 0.05) is 5.56 Å². The molecule has 13 heavy (non-hydrogen) atoms. The summed E-state index contributed by atoms with van der Waals surface area (Å²) in [6.45, 7) is 2.15. The van der Waals surface area contributed by atoms with E-state index in [9.17, 15) is 4.39 Å². The maximum absolute atomic E-state index is 12.6. The second-order valence-corrected chi connectivity index (χ2v) is 4.34. The fourth-order valence-electron chi connectivity index (χ4n) is 1.19. The fraction of sp³-hybridized carbons (Fsp3) is 0.455. The van der Waals surface area contributed by atoms with Gasteiger partial charge in [0.25, 0.3) is 0 Å². The van der Waals surface area contributed by atoms with Crippen molar-refractivity contribution in [1.29, 1.82) is 0 Å². The van der Waals surface area contributed by atoms with Crippen LogP contribution in [0.4, 0.5) is 4.39 Å². The molecule has 0 aromatic heterocycles. The maximum Gasteiger partial charge on any atom is 0.123 e. The van der Waals surface area contributed by atoms with Crippen molar-refractivity contribution in [1.82, 2.24) is 0 Å². The van der Waals surface area contributed by atoms with Crippen molar-refractivity contribution in [3.63, 3.8) is 0 Å². The van der Waals surface area contributed by atoms with E-state index < -0.39 is 0 Å². The predicted molar refractivity (Wildman–Crippen MR) is 52.8 cm³/mol. The lowest BCUT2D eigenvalue weighted by Crippen LogP contribution is -2.37. The van der Waals surface area contributed by atoms with E-state index in [-0.39, 0.29) is 5.82 Å². The Morgan fingerprint density at radius 3 is 1.92 bits per heavy atom. The fourth-order valence-corrected chi connectivity index (χ4v) is 1.19. The van der Waals surface area contributed by atoms with Crippen LogP contribution in [0.15, 0.2) is 24.3 Å². The van der Waals surface area contributed by atoms with Crippen LogP contribution in [0.2, 0.25) is 0 Å². The second-order valence-electron chi connectivity index (χ2n) is 4.34. The molecule has 0 saturated carbocycles. The minimum atomic E-state index is -0.169. The van der Waals surface area contributed by atoms with Gasteiger partial charge < -0.3 is 4.48 Å². The van der Waals surface area contributed by atoms with Crippen molar-refractivity contribution in [3.8, 4) is 0 Å². The van der Waals surface area contributed by atoms with Gasteiger partial charge in [0.1, 0.15) is 11.9 Å². The first-order valence-corrected chi connectivity index (χ1v) is 4.48. The molecule has 0 aliphatic heterocycles. The summed E-state index contributed by atoms with van der Waals surface area (Å²) in [5, 5.41) is 0. The van der Waals surface area contributed by atoms with Crippen molar-refractivity contribution >= 4 is 0 Å². The van der Waals surface area contributed by atoms with Gasteiger partial charge in [0.05, 0.1) is 21.1 Å². The first kappa shape index (κ1) is 10.2. The number of benzene rings is 1. The summed E-state index contributed by atoms with van der Waals surface area (Å²) in [4.78, 5) is 0. The lowest BCUT2D eigenvalue weighted by molar-refractivity contribution is -0.900. The van der Waals surface area contributed by atoms with Crippen LogP contribution in [0.5, 0.6) is 0 Å². The van der Waals surface area contributed by atoms with E-state index in [1.54, 1.807) is 0 Å². The summed E-state index contributed by atoms with van der Waals surface area (Å²) in [7, 11) is 6.40. The minimum Gasteiger partial charge on any atom is -0.325 e. The van der Waals surface area contributed by atoms with Gasteiger partial charge in [-0.3, -0.25) is 0 Å². The molecule has 0 aliphatic carbocycles. The van der Waals surface area contributed by atoms with Crippen molar-refractivity contribution < 1.29 is 8.87 Å². The molecule has 1 unspecified atom stereocenters. The van der Waals surface area contributed by atoms with Gasteiger partial charge in [0.2, 0.25) is 0 Å². The third kappa shape index (κ3) is 2.52. The Bertz CT molecular complexity index is 271. The zero-order valence-corrected chi connectivity index (χ0v) is 8.71. The van der Waals surface area contributed by atoms with E-state index in [2.05, 4.69) is 28.1 Å². The molecule has 1 atom stereocenters. The third-order valence-corrected chi connectivity index (χ3v) is 2.51. The molecule has 1 aromatic rings. The zero-order chi connectivity index (χ0) is 10.1. The molecule has 72 valence electrons. The summed E-state index contributed by atoms with van der Waals surface area (Å²) in [5.41, 5.74) is 1.17. The summed E-state index contributed by atoms with van der Waals surface area (Å²) in [5.74, 6) is -0.169. The first-order chi connectivity index (χ1) is 5.91. The first-order valence-electron chi connectivity index (χ1n) is 4.48. The van der Waals surface area contributed by atoms with E-state index in [4.69, 9.17) is 0 Å².